The molecule has 0 fully saturated rings. The lowest BCUT2D eigenvalue weighted by Gasteiger charge is -2.14. The van der Waals surface area contributed by atoms with E-state index in [1.165, 1.54) is 0 Å². The highest BCUT2D eigenvalue weighted by molar-refractivity contribution is 9.10. The summed E-state index contributed by atoms with van der Waals surface area (Å²) in [5, 5.41) is 0. The Labute approximate surface area is 104 Å². The summed E-state index contributed by atoms with van der Waals surface area (Å²) in [4.78, 5) is 4.85. The van der Waals surface area contributed by atoms with Gasteiger partial charge in [0.25, 0.3) is 0 Å². The van der Waals surface area contributed by atoms with Gasteiger partial charge in [0.2, 0.25) is 0 Å². The van der Waals surface area contributed by atoms with Gasteiger partial charge in [-0.3, -0.25) is 0 Å². The number of benzene rings is 1. The van der Waals surface area contributed by atoms with Crippen molar-refractivity contribution in [2.24, 2.45) is 0 Å². The monoisotopic (exact) mass is 289 g/mol. The van der Waals surface area contributed by atoms with Crippen molar-refractivity contribution in [1.82, 2.24) is 5.48 Å². The molecule has 0 radical (unpaired) electrons. The van der Waals surface area contributed by atoms with Crippen LogP contribution < -0.4 is 10.2 Å². The molecule has 0 aliphatic carbocycles. The van der Waals surface area contributed by atoms with Crippen LogP contribution in [-0.2, 0) is 22.7 Å². The third-order valence-electron chi connectivity index (χ3n) is 2.18. The minimum atomic E-state index is 0.538. The molecule has 90 valence electrons. The van der Waals surface area contributed by atoms with Crippen LogP contribution in [0.3, 0.4) is 0 Å². The molecule has 0 heterocycles. The Balaban J connectivity index is 3.05. The SMILES string of the molecule is COCc1cc(Br)cc(OC)c1CNOC. The first kappa shape index (κ1) is 13.4. The largest absolute Gasteiger partial charge is 0.496 e. The van der Waals surface area contributed by atoms with Gasteiger partial charge in [-0.1, -0.05) is 15.9 Å². The summed E-state index contributed by atoms with van der Waals surface area (Å²) < 4.78 is 11.5. The zero-order chi connectivity index (χ0) is 12.0. The smallest absolute Gasteiger partial charge is 0.124 e. The fourth-order valence-corrected chi connectivity index (χ4v) is 1.96. The summed E-state index contributed by atoms with van der Waals surface area (Å²) in [6, 6.07) is 3.94. The molecule has 1 rings (SSSR count). The van der Waals surface area contributed by atoms with E-state index in [1.54, 1.807) is 21.3 Å². The third kappa shape index (κ3) is 3.45. The first-order valence-electron chi connectivity index (χ1n) is 4.83. The van der Waals surface area contributed by atoms with Gasteiger partial charge in [-0.15, -0.1) is 0 Å². The Bertz CT molecular complexity index is 344. The van der Waals surface area contributed by atoms with Crippen LogP contribution in [0.15, 0.2) is 16.6 Å². The molecule has 4 nitrogen and oxygen atoms in total. The fourth-order valence-electron chi connectivity index (χ4n) is 1.48. The van der Waals surface area contributed by atoms with Gasteiger partial charge in [-0.2, -0.15) is 5.48 Å². The van der Waals surface area contributed by atoms with Crippen LogP contribution in [0.1, 0.15) is 11.1 Å². The molecule has 0 bridgehead atoms. The third-order valence-corrected chi connectivity index (χ3v) is 2.64. The molecule has 0 spiro atoms. The Morgan fingerprint density at radius 2 is 2.00 bits per heavy atom. The van der Waals surface area contributed by atoms with E-state index in [-0.39, 0.29) is 0 Å². The predicted molar refractivity (Wildman–Crippen MR) is 65.3 cm³/mol. The number of ether oxygens (including phenoxy) is 2. The van der Waals surface area contributed by atoms with Crippen LogP contribution in [0.2, 0.25) is 0 Å². The second-order valence-electron chi connectivity index (χ2n) is 3.20. The van der Waals surface area contributed by atoms with Crippen molar-refractivity contribution in [1.29, 1.82) is 0 Å². The summed E-state index contributed by atoms with van der Waals surface area (Å²) in [6.07, 6.45) is 0. The molecule has 0 atom stereocenters. The van der Waals surface area contributed by atoms with Gasteiger partial charge < -0.3 is 14.3 Å². The highest BCUT2D eigenvalue weighted by Gasteiger charge is 2.10. The number of methoxy groups -OCH3 is 2. The normalized spacial score (nSPS) is 10.5. The van der Waals surface area contributed by atoms with Gasteiger partial charge in [0, 0.05) is 17.1 Å². The molecule has 5 heteroatoms. The van der Waals surface area contributed by atoms with E-state index in [2.05, 4.69) is 21.4 Å². The second-order valence-corrected chi connectivity index (χ2v) is 4.12. The Hall–Kier alpha value is -0.620. The molecule has 0 aliphatic rings. The first-order chi connectivity index (χ1) is 7.72. The van der Waals surface area contributed by atoms with E-state index < -0.39 is 0 Å². The molecule has 0 saturated heterocycles. The van der Waals surface area contributed by atoms with Gasteiger partial charge in [-0.05, 0) is 17.7 Å². The number of halogens is 1. The molecule has 1 N–H and O–H groups in total. The van der Waals surface area contributed by atoms with Crippen LogP contribution in [-0.4, -0.2) is 21.3 Å². The number of hydrogen-bond donors (Lipinski definition) is 1. The molecule has 1 aromatic rings. The number of nitrogens with one attached hydrogen (secondary N) is 1. The van der Waals surface area contributed by atoms with Gasteiger partial charge in [-0.25, -0.2) is 0 Å². The van der Waals surface area contributed by atoms with Gasteiger partial charge in [0.1, 0.15) is 5.75 Å². The maximum atomic E-state index is 5.33. The minimum Gasteiger partial charge on any atom is -0.496 e. The summed E-state index contributed by atoms with van der Waals surface area (Å²) in [5.41, 5.74) is 4.91. The summed E-state index contributed by atoms with van der Waals surface area (Å²) in [6.45, 7) is 1.11. The zero-order valence-corrected chi connectivity index (χ0v) is 11.3. The molecule has 0 aromatic heterocycles. The Morgan fingerprint density at radius 1 is 1.25 bits per heavy atom. The first-order valence-corrected chi connectivity index (χ1v) is 5.62. The standard InChI is InChI=1S/C11H16BrNO3/c1-14-7-8-4-9(12)5-11(15-2)10(8)6-13-16-3/h4-5,13H,6-7H2,1-3H3. The topological polar surface area (TPSA) is 39.7 Å². The van der Waals surface area contributed by atoms with Crippen LogP contribution in [0.5, 0.6) is 5.75 Å². The molecule has 16 heavy (non-hydrogen) atoms. The van der Waals surface area contributed by atoms with Crippen LogP contribution >= 0.6 is 15.9 Å². The molecular weight excluding hydrogens is 274 g/mol. The van der Waals surface area contributed by atoms with Gasteiger partial charge >= 0.3 is 0 Å². The zero-order valence-electron chi connectivity index (χ0n) is 9.67. The number of hydroxylamine groups is 1. The Kier molecular flexibility index (Phi) is 5.76. The molecule has 1 aromatic carbocycles. The molecule has 0 unspecified atom stereocenters. The van der Waals surface area contributed by atoms with Crippen molar-refractivity contribution in [3.63, 3.8) is 0 Å². The average molecular weight is 290 g/mol. The van der Waals surface area contributed by atoms with E-state index in [0.29, 0.717) is 13.2 Å². The maximum absolute atomic E-state index is 5.33. The number of hydrogen-bond acceptors (Lipinski definition) is 4. The second kappa shape index (κ2) is 6.85. The van der Waals surface area contributed by atoms with Gasteiger partial charge in [0.15, 0.2) is 0 Å². The van der Waals surface area contributed by atoms with E-state index in [4.69, 9.17) is 14.3 Å². The Morgan fingerprint density at radius 3 is 2.56 bits per heavy atom. The molecule has 0 aliphatic heterocycles. The van der Waals surface area contributed by atoms with Crippen molar-refractivity contribution in [3.8, 4) is 5.75 Å². The fraction of sp³-hybridized carbons (Fsp3) is 0.455. The molecule has 0 saturated carbocycles. The van der Waals surface area contributed by atoms with Crippen molar-refractivity contribution in [2.45, 2.75) is 13.2 Å². The lowest BCUT2D eigenvalue weighted by atomic mass is 10.1. The lowest BCUT2D eigenvalue weighted by Crippen LogP contribution is -2.14. The van der Waals surface area contributed by atoms with Gasteiger partial charge in [0.05, 0.1) is 27.4 Å². The van der Waals surface area contributed by atoms with Crippen LogP contribution in [0.25, 0.3) is 0 Å². The average Bonchev–Trinajstić information content (AvgIpc) is 2.27. The lowest BCUT2D eigenvalue weighted by molar-refractivity contribution is 0.0853. The van der Waals surface area contributed by atoms with Crippen molar-refractivity contribution in [3.05, 3.63) is 27.7 Å². The van der Waals surface area contributed by atoms with Crippen molar-refractivity contribution < 1.29 is 14.3 Å². The summed E-state index contributed by atoms with van der Waals surface area (Å²) >= 11 is 3.44. The summed E-state index contributed by atoms with van der Waals surface area (Å²) in [5.74, 6) is 0.811. The van der Waals surface area contributed by atoms with Crippen molar-refractivity contribution in [2.75, 3.05) is 21.3 Å². The van der Waals surface area contributed by atoms with Crippen molar-refractivity contribution >= 4 is 15.9 Å². The maximum Gasteiger partial charge on any atom is 0.124 e. The van der Waals surface area contributed by atoms with E-state index in [9.17, 15) is 0 Å². The molecular formula is C11H16BrNO3. The molecule has 0 amide bonds. The predicted octanol–water partition coefficient (Wildman–Crippen LogP) is 2.26. The minimum absolute atomic E-state index is 0.538. The highest BCUT2D eigenvalue weighted by atomic mass is 79.9. The number of rotatable bonds is 6. The highest BCUT2D eigenvalue weighted by Crippen LogP contribution is 2.28. The summed E-state index contributed by atoms with van der Waals surface area (Å²) in [7, 11) is 4.90. The van der Waals surface area contributed by atoms with Crippen LogP contribution in [0, 0.1) is 0 Å². The van der Waals surface area contributed by atoms with E-state index in [1.807, 2.05) is 12.1 Å². The quantitative estimate of drug-likeness (QED) is 0.816. The van der Waals surface area contributed by atoms with E-state index in [0.717, 1.165) is 21.3 Å². The van der Waals surface area contributed by atoms with Crippen LogP contribution in [0.4, 0.5) is 0 Å². The van der Waals surface area contributed by atoms with E-state index >= 15 is 0 Å².